The number of halogens is 1. The minimum absolute atomic E-state index is 0.0259. The van der Waals surface area contributed by atoms with Crippen molar-refractivity contribution in [3.8, 4) is 0 Å². The van der Waals surface area contributed by atoms with Gasteiger partial charge in [0.2, 0.25) is 0 Å². The Morgan fingerprint density at radius 3 is 2.33 bits per heavy atom. The highest BCUT2D eigenvalue weighted by atomic mass is 35.5. The van der Waals surface area contributed by atoms with Crippen molar-refractivity contribution in [3.05, 3.63) is 34.9 Å². The van der Waals surface area contributed by atoms with Gasteiger partial charge in [0, 0.05) is 11.4 Å². The largest absolute Gasteiger partial charge is 0.481 e. The molecule has 2 rings (SSSR count). The van der Waals surface area contributed by atoms with E-state index in [0.717, 1.165) is 25.7 Å². The van der Waals surface area contributed by atoms with Crippen LogP contribution in [0.4, 0.5) is 0 Å². The number of carbonyl (C=O) groups is 1. The monoisotopic (exact) mass is 398 g/mol. The van der Waals surface area contributed by atoms with Crippen LogP contribution in [0.3, 0.4) is 0 Å². The van der Waals surface area contributed by atoms with Gasteiger partial charge in [0.1, 0.15) is 0 Å². The quantitative estimate of drug-likeness (QED) is 0.423. The zero-order chi connectivity index (χ0) is 19.8. The van der Waals surface area contributed by atoms with Gasteiger partial charge in [0.25, 0.3) is 0 Å². The molecule has 27 heavy (non-hydrogen) atoms. The Morgan fingerprint density at radius 1 is 1.04 bits per heavy atom. The molecule has 0 bridgehead atoms. The van der Waals surface area contributed by atoms with Crippen LogP contribution < -0.4 is 0 Å². The minimum Gasteiger partial charge on any atom is -0.481 e. The van der Waals surface area contributed by atoms with E-state index in [4.69, 9.17) is 16.7 Å². The molecule has 1 aliphatic rings. The third-order valence-electron chi connectivity index (χ3n) is 5.74. The molecule has 2 unspecified atom stereocenters. The van der Waals surface area contributed by atoms with Crippen molar-refractivity contribution < 1.29 is 25.2 Å². The Kier molecular flexibility index (Phi) is 9.03. The number of aliphatic carboxylic acids is 1. The fourth-order valence-electron chi connectivity index (χ4n) is 4.24. The molecule has 4 N–H and O–H groups in total. The highest BCUT2D eigenvalue weighted by molar-refractivity contribution is 6.31. The predicted octanol–water partition coefficient (Wildman–Crippen LogP) is 3.94. The number of hydrogen-bond acceptors (Lipinski definition) is 4. The number of hydrogen-bond donors (Lipinski definition) is 4. The summed E-state index contributed by atoms with van der Waals surface area (Å²) >= 11 is 6.14. The number of rotatable bonds is 11. The van der Waals surface area contributed by atoms with Crippen LogP contribution in [0, 0.1) is 11.8 Å². The standard InChI is InChI=1S/C21H31ClO5/c22-17-9-6-5-8-16(17)18(23)12-11-15-14(19(24)13-20(15)25)7-3-1-2-4-10-21(26)27/h5-6,8-9,14-15,18-20,23-25H,1-4,7,10-13H2,(H,26,27)/t14-,15-,18?,19+,20?/m1/s1. The van der Waals surface area contributed by atoms with Gasteiger partial charge in [-0.05, 0) is 55.6 Å². The second kappa shape index (κ2) is 11.0. The number of unbranched alkanes of at least 4 members (excludes halogenated alkanes) is 3. The van der Waals surface area contributed by atoms with Gasteiger partial charge in [-0.3, -0.25) is 4.79 Å². The van der Waals surface area contributed by atoms with E-state index in [1.807, 2.05) is 18.2 Å². The van der Waals surface area contributed by atoms with Crippen LogP contribution in [0.1, 0.15) is 69.5 Å². The fourth-order valence-corrected chi connectivity index (χ4v) is 4.50. The molecule has 0 aromatic heterocycles. The minimum atomic E-state index is -0.763. The normalized spacial score (nSPS) is 26.2. The van der Waals surface area contributed by atoms with E-state index >= 15 is 0 Å². The molecule has 0 heterocycles. The van der Waals surface area contributed by atoms with Crippen LogP contribution in [0.5, 0.6) is 0 Å². The molecule has 1 aromatic carbocycles. The third-order valence-corrected chi connectivity index (χ3v) is 6.08. The van der Waals surface area contributed by atoms with Crippen LogP contribution in [0.2, 0.25) is 5.02 Å². The Bertz CT molecular complexity index is 594. The van der Waals surface area contributed by atoms with Crippen molar-refractivity contribution in [1.82, 2.24) is 0 Å². The molecular weight excluding hydrogens is 368 g/mol. The third kappa shape index (κ3) is 6.75. The van der Waals surface area contributed by atoms with E-state index in [2.05, 4.69) is 0 Å². The molecular formula is C21H31ClO5. The molecule has 0 saturated heterocycles. The van der Waals surface area contributed by atoms with Gasteiger partial charge in [-0.1, -0.05) is 49.1 Å². The summed E-state index contributed by atoms with van der Waals surface area (Å²) in [4.78, 5) is 10.5. The van der Waals surface area contributed by atoms with Gasteiger partial charge in [-0.15, -0.1) is 0 Å². The van der Waals surface area contributed by atoms with Crippen molar-refractivity contribution in [2.24, 2.45) is 11.8 Å². The molecule has 0 amide bonds. The Balaban J connectivity index is 1.80. The Hall–Kier alpha value is -1.14. The molecule has 152 valence electrons. The van der Waals surface area contributed by atoms with Crippen LogP contribution in [-0.4, -0.2) is 38.6 Å². The number of benzene rings is 1. The van der Waals surface area contributed by atoms with E-state index in [9.17, 15) is 20.1 Å². The number of carboxylic acids is 1. The SMILES string of the molecule is O=C(O)CCCCCC[C@H]1[C@@H](O)CC(O)[C@@H]1CCC(O)c1ccccc1Cl. The van der Waals surface area contributed by atoms with Crippen molar-refractivity contribution >= 4 is 17.6 Å². The lowest BCUT2D eigenvalue weighted by molar-refractivity contribution is -0.137. The van der Waals surface area contributed by atoms with Crippen LogP contribution in [-0.2, 0) is 4.79 Å². The first kappa shape index (κ1) is 22.2. The highest BCUT2D eigenvalue weighted by Crippen LogP contribution is 2.40. The maximum Gasteiger partial charge on any atom is 0.303 e. The smallest absolute Gasteiger partial charge is 0.303 e. The average molecular weight is 399 g/mol. The topological polar surface area (TPSA) is 98.0 Å². The van der Waals surface area contributed by atoms with Gasteiger partial charge >= 0.3 is 5.97 Å². The van der Waals surface area contributed by atoms with Gasteiger partial charge < -0.3 is 20.4 Å². The predicted molar refractivity (Wildman–Crippen MR) is 105 cm³/mol. The van der Waals surface area contributed by atoms with Crippen LogP contribution in [0.25, 0.3) is 0 Å². The van der Waals surface area contributed by atoms with Crippen molar-refractivity contribution in [1.29, 1.82) is 0 Å². The highest BCUT2D eigenvalue weighted by Gasteiger charge is 2.40. The molecule has 1 saturated carbocycles. The lowest BCUT2D eigenvalue weighted by Crippen LogP contribution is -2.23. The summed E-state index contributed by atoms with van der Waals surface area (Å²) in [6, 6.07) is 7.22. The molecule has 0 spiro atoms. The number of carboxylic acid groups (broad SMARTS) is 1. The molecule has 1 aliphatic carbocycles. The van der Waals surface area contributed by atoms with E-state index in [1.54, 1.807) is 6.07 Å². The zero-order valence-corrected chi connectivity index (χ0v) is 16.4. The van der Waals surface area contributed by atoms with E-state index in [-0.39, 0.29) is 18.3 Å². The second-order valence-corrected chi connectivity index (χ2v) is 8.07. The summed E-state index contributed by atoms with van der Waals surface area (Å²) in [7, 11) is 0. The first-order chi connectivity index (χ1) is 12.9. The maximum atomic E-state index is 10.5. The molecule has 5 nitrogen and oxygen atoms in total. The molecule has 0 aliphatic heterocycles. The number of aliphatic hydroxyl groups is 3. The van der Waals surface area contributed by atoms with Crippen LogP contribution in [0.15, 0.2) is 24.3 Å². The summed E-state index contributed by atoms with van der Waals surface area (Å²) in [6.45, 7) is 0. The van der Waals surface area contributed by atoms with Gasteiger partial charge in [-0.2, -0.15) is 0 Å². The summed E-state index contributed by atoms with van der Waals surface area (Å²) < 4.78 is 0. The number of aliphatic hydroxyl groups excluding tert-OH is 3. The van der Waals surface area contributed by atoms with Crippen molar-refractivity contribution in [2.45, 2.75) is 76.1 Å². The van der Waals surface area contributed by atoms with Gasteiger partial charge in [-0.25, -0.2) is 0 Å². The summed E-state index contributed by atoms with van der Waals surface area (Å²) in [5.74, 6) is -0.768. The Morgan fingerprint density at radius 2 is 1.67 bits per heavy atom. The van der Waals surface area contributed by atoms with Crippen molar-refractivity contribution in [3.63, 3.8) is 0 Å². The van der Waals surface area contributed by atoms with Crippen molar-refractivity contribution in [2.75, 3.05) is 0 Å². The molecule has 5 atom stereocenters. The van der Waals surface area contributed by atoms with Gasteiger partial charge in [0.15, 0.2) is 0 Å². The Labute approximate surface area is 166 Å². The fraction of sp³-hybridized carbons (Fsp3) is 0.667. The average Bonchev–Trinajstić information content (AvgIpc) is 2.89. The van der Waals surface area contributed by atoms with E-state index < -0.39 is 24.3 Å². The lowest BCUT2D eigenvalue weighted by atomic mass is 9.84. The molecule has 1 aromatic rings. The van der Waals surface area contributed by atoms with E-state index in [0.29, 0.717) is 36.3 Å². The lowest BCUT2D eigenvalue weighted by Gasteiger charge is -2.25. The maximum absolute atomic E-state index is 10.5. The summed E-state index contributed by atoms with van der Waals surface area (Å²) in [5.41, 5.74) is 0.696. The molecule has 6 heteroatoms. The summed E-state index contributed by atoms with van der Waals surface area (Å²) in [6.07, 6.45) is 4.19. The molecule has 0 radical (unpaired) electrons. The second-order valence-electron chi connectivity index (χ2n) is 7.66. The molecule has 1 fully saturated rings. The first-order valence-corrected chi connectivity index (χ1v) is 10.3. The summed E-state index contributed by atoms with van der Waals surface area (Å²) in [5, 5.41) is 40.3. The van der Waals surface area contributed by atoms with Gasteiger partial charge in [0.05, 0.1) is 18.3 Å². The van der Waals surface area contributed by atoms with E-state index in [1.165, 1.54) is 0 Å². The first-order valence-electron chi connectivity index (χ1n) is 9.90. The zero-order valence-electron chi connectivity index (χ0n) is 15.6. The van der Waals surface area contributed by atoms with Crippen LogP contribution >= 0.6 is 11.6 Å².